The summed E-state index contributed by atoms with van der Waals surface area (Å²) < 4.78 is 47.2. The molecule has 3 aromatic heterocycles. The van der Waals surface area contributed by atoms with Crippen molar-refractivity contribution in [1.82, 2.24) is 23.4 Å². The Morgan fingerprint density at radius 3 is 2.23 bits per heavy atom. The molecule has 0 aliphatic rings. The van der Waals surface area contributed by atoms with Crippen molar-refractivity contribution < 1.29 is 22.3 Å². The van der Waals surface area contributed by atoms with Crippen molar-refractivity contribution >= 4 is 33.3 Å². The van der Waals surface area contributed by atoms with E-state index < -0.39 is 33.0 Å². The smallest absolute Gasteiger partial charge is 0.335 e. The van der Waals surface area contributed by atoms with Gasteiger partial charge in [-0.3, -0.25) is 14.2 Å². The lowest BCUT2D eigenvalue weighted by Gasteiger charge is -2.16. The van der Waals surface area contributed by atoms with E-state index in [1.807, 2.05) is 0 Å². The predicted octanol–water partition coefficient (Wildman–Crippen LogP) is 4.55. The summed E-state index contributed by atoms with van der Waals surface area (Å²) in [6.07, 6.45) is 3.99. The highest BCUT2D eigenvalue weighted by atomic mass is 32.2. The maximum Gasteiger partial charge on any atom is 0.335 e. The molecule has 2 N–H and O–H groups in total. The van der Waals surface area contributed by atoms with Crippen molar-refractivity contribution in [2.24, 2.45) is 0 Å². The molecule has 47 heavy (non-hydrogen) atoms. The summed E-state index contributed by atoms with van der Waals surface area (Å²) in [7, 11) is -0.731. The molecule has 15 heteroatoms. The van der Waals surface area contributed by atoms with Crippen molar-refractivity contribution in [2.45, 2.75) is 24.8 Å². The molecule has 1 amide bonds. The SMILES string of the molecule is CC(C)n1cc(C(=O)Nc2ccc(Oc3ccnc(Nc4ccc(S(=O)(=O)N(C)C)cn4)c3)cc2)c(=O)n(-c2ccc(F)cc2)c1=O. The van der Waals surface area contributed by atoms with Crippen LogP contribution in [0.4, 0.5) is 21.7 Å². The summed E-state index contributed by atoms with van der Waals surface area (Å²) in [5.41, 5.74) is -1.29. The van der Waals surface area contributed by atoms with E-state index in [4.69, 9.17) is 4.74 Å². The number of amides is 1. The molecule has 0 atom stereocenters. The predicted molar refractivity (Wildman–Crippen MR) is 174 cm³/mol. The zero-order chi connectivity index (χ0) is 33.9. The van der Waals surface area contributed by atoms with Crippen LogP contribution in [0.1, 0.15) is 30.2 Å². The van der Waals surface area contributed by atoms with Gasteiger partial charge >= 0.3 is 5.69 Å². The Labute approximate surface area is 269 Å². The van der Waals surface area contributed by atoms with Gasteiger partial charge in [0.25, 0.3) is 11.5 Å². The second kappa shape index (κ2) is 13.4. The Balaban J connectivity index is 1.29. The van der Waals surface area contributed by atoms with Crippen molar-refractivity contribution in [3.05, 3.63) is 124 Å². The molecule has 5 rings (SSSR count). The lowest BCUT2D eigenvalue weighted by molar-refractivity contribution is 0.102. The van der Waals surface area contributed by atoms with Gasteiger partial charge in [0.15, 0.2) is 0 Å². The molecule has 2 aromatic carbocycles. The lowest BCUT2D eigenvalue weighted by Crippen LogP contribution is -2.42. The molecule has 0 fully saturated rings. The Morgan fingerprint density at radius 2 is 1.62 bits per heavy atom. The van der Waals surface area contributed by atoms with Gasteiger partial charge in [-0.25, -0.2) is 36.4 Å². The lowest BCUT2D eigenvalue weighted by atomic mass is 10.2. The summed E-state index contributed by atoms with van der Waals surface area (Å²) in [6.45, 7) is 3.47. The summed E-state index contributed by atoms with van der Waals surface area (Å²) in [6, 6.07) is 17.1. The Morgan fingerprint density at radius 1 is 0.915 bits per heavy atom. The van der Waals surface area contributed by atoms with E-state index in [0.717, 1.165) is 21.0 Å². The molecule has 0 spiro atoms. The van der Waals surface area contributed by atoms with Gasteiger partial charge in [-0.1, -0.05) is 0 Å². The number of anilines is 3. The van der Waals surface area contributed by atoms with E-state index in [9.17, 15) is 27.2 Å². The molecule has 0 aliphatic carbocycles. The topological polar surface area (TPSA) is 158 Å². The molecule has 0 saturated heterocycles. The second-order valence-electron chi connectivity index (χ2n) is 10.7. The molecule has 0 unspecified atom stereocenters. The molecule has 3 heterocycles. The number of nitrogens with one attached hydrogen (secondary N) is 2. The third-order valence-corrected chi connectivity index (χ3v) is 8.65. The van der Waals surface area contributed by atoms with Gasteiger partial charge in [0.2, 0.25) is 10.0 Å². The zero-order valence-corrected chi connectivity index (χ0v) is 26.5. The van der Waals surface area contributed by atoms with Crippen LogP contribution in [0, 0.1) is 5.82 Å². The molecule has 0 aliphatic heterocycles. The minimum absolute atomic E-state index is 0.0550. The van der Waals surface area contributed by atoms with Crippen LogP contribution < -0.4 is 26.6 Å². The van der Waals surface area contributed by atoms with Gasteiger partial charge in [-0.05, 0) is 80.6 Å². The fraction of sp³-hybridized carbons (Fsp3) is 0.156. The number of sulfonamides is 1. The molecular weight excluding hydrogens is 629 g/mol. The third kappa shape index (κ3) is 7.26. The van der Waals surface area contributed by atoms with Crippen LogP contribution in [0.2, 0.25) is 0 Å². The monoisotopic (exact) mass is 659 g/mol. The van der Waals surface area contributed by atoms with E-state index in [1.165, 1.54) is 61.5 Å². The number of carbonyl (C=O) groups excluding carboxylic acids is 1. The Kier molecular flexibility index (Phi) is 9.30. The molecular formula is C32H30FN7O6S. The number of ether oxygens (including phenoxy) is 1. The number of rotatable bonds is 10. The van der Waals surface area contributed by atoms with Gasteiger partial charge in [0.1, 0.15) is 39.4 Å². The molecule has 5 aromatic rings. The number of hydrogen-bond acceptors (Lipinski definition) is 9. The summed E-state index contributed by atoms with van der Waals surface area (Å²) in [5, 5.41) is 5.67. The van der Waals surface area contributed by atoms with E-state index >= 15 is 0 Å². The summed E-state index contributed by atoms with van der Waals surface area (Å²) >= 11 is 0. The first-order chi connectivity index (χ1) is 22.3. The van der Waals surface area contributed by atoms with E-state index in [-0.39, 0.29) is 22.2 Å². The highest BCUT2D eigenvalue weighted by Crippen LogP contribution is 2.26. The van der Waals surface area contributed by atoms with Crippen LogP contribution in [-0.4, -0.2) is 51.8 Å². The molecule has 13 nitrogen and oxygen atoms in total. The minimum Gasteiger partial charge on any atom is -0.457 e. The van der Waals surface area contributed by atoms with E-state index in [2.05, 4.69) is 20.6 Å². The quantitative estimate of drug-likeness (QED) is 0.220. The van der Waals surface area contributed by atoms with Gasteiger partial charge in [0, 0.05) is 50.5 Å². The van der Waals surface area contributed by atoms with Gasteiger partial charge in [-0.15, -0.1) is 0 Å². The van der Waals surface area contributed by atoms with Crippen molar-refractivity contribution in [2.75, 3.05) is 24.7 Å². The van der Waals surface area contributed by atoms with Gasteiger partial charge in [0.05, 0.1) is 5.69 Å². The molecule has 0 bridgehead atoms. The van der Waals surface area contributed by atoms with Crippen LogP contribution in [0.3, 0.4) is 0 Å². The number of hydrogen-bond donors (Lipinski definition) is 2. The van der Waals surface area contributed by atoms with Crippen molar-refractivity contribution in [3.63, 3.8) is 0 Å². The van der Waals surface area contributed by atoms with Crippen LogP contribution in [-0.2, 0) is 10.0 Å². The maximum absolute atomic E-state index is 13.5. The number of nitrogens with zero attached hydrogens (tertiary/aromatic N) is 5. The molecule has 242 valence electrons. The van der Waals surface area contributed by atoms with Crippen LogP contribution >= 0.6 is 0 Å². The normalized spacial score (nSPS) is 11.5. The van der Waals surface area contributed by atoms with Crippen LogP contribution in [0.15, 0.2) is 106 Å². The molecule has 0 radical (unpaired) electrons. The number of halogens is 1. The van der Waals surface area contributed by atoms with Gasteiger partial charge in [-0.2, -0.15) is 0 Å². The largest absolute Gasteiger partial charge is 0.457 e. The zero-order valence-electron chi connectivity index (χ0n) is 25.7. The van der Waals surface area contributed by atoms with Crippen LogP contribution in [0.5, 0.6) is 11.5 Å². The van der Waals surface area contributed by atoms with Crippen molar-refractivity contribution in [1.29, 1.82) is 0 Å². The fourth-order valence-electron chi connectivity index (χ4n) is 4.35. The standard InChI is InChI=1S/C32H30FN7O6S/c1-20(2)39-19-27(31(42)40(32(39)43)23-9-5-21(33)6-10-23)30(41)36-22-7-11-24(12-8-22)46-25-15-16-34-29(17-25)37-28-14-13-26(18-35-28)47(44,45)38(3)4/h5-20H,1-4H3,(H,36,41)(H,34,35,37). The number of pyridine rings is 2. The summed E-state index contributed by atoms with van der Waals surface area (Å²) in [5.74, 6) is 0.372. The second-order valence-corrected chi connectivity index (χ2v) is 12.8. The first kappa shape index (κ1) is 32.7. The van der Waals surface area contributed by atoms with Crippen molar-refractivity contribution in [3.8, 4) is 17.2 Å². The highest BCUT2D eigenvalue weighted by Gasteiger charge is 2.20. The first-order valence-electron chi connectivity index (χ1n) is 14.2. The summed E-state index contributed by atoms with van der Waals surface area (Å²) in [4.78, 5) is 48.1. The number of benzene rings is 2. The third-order valence-electron chi connectivity index (χ3n) is 6.85. The minimum atomic E-state index is -3.61. The average Bonchev–Trinajstić information content (AvgIpc) is 3.03. The molecule has 0 saturated carbocycles. The fourth-order valence-corrected chi connectivity index (χ4v) is 5.20. The van der Waals surface area contributed by atoms with Crippen LogP contribution in [0.25, 0.3) is 5.69 Å². The number of carbonyl (C=O) groups is 1. The number of aromatic nitrogens is 4. The first-order valence-corrected chi connectivity index (χ1v) is 15.6. The van der Waals surface area contributed by atoms with E-state index in [1.54, 1.807) is 50.2 Å². The maximum atomic E-state index is 13.5. The van der Waals surface area contributed by atoms with E-state index in [0.29, 0.717) is 28.8 Å². The Hall–Kier alpha value is -5.67. The Bertz CT molecular complexity index is 2150. The van der Waals surface area contributed by atoms with Gasteiger partial charge < -0.3 is 15.4 Å². The highest BCUT2D eigenvalue weighted by molar-refractivity contribution is 7.89. The average molecular weight is 660 g/mol.